The highest BCUT2D eigenvalue weighted by Gasteiger charge is 2.29. The summed E-state index contributed by atoms with van der Waals surface area (Å²) < 4.78 is 32.1. The number of carbonyl (C=O) groups excluding carboxylic acids is 1. The number of nitrogens with two attached hydrogens (primary N) is 1. The molecular formula is C16H17ClN2O4S. The number of hydrogen-bond acceptors (Lipinski definition) is 4. The predicted molar refractivity (Wildman–Crippen MR) is 91.2 cm³/mol. The number of hydrogen-bond donors (Lipinski definition) is 1. The Morgan fingerprint density at radius 2 is 1.88 bits per heavy atom. The van der Waals surface area contributed by atoms with E-state index in [1.165, 1.54) is 25.3 Å². The molecular weight excluding hydrogens is 352 g/mol. The van der Waals surface area contributed by atoms with Crippen molar-refractivity contribution in [3.8, 4) is 5.75 Å². The fourth-order valence-corrected chi connectivity index (χ4v) is 3.99. The van der Waals surface area contributed by atoms with E-state index in [4.69, 9.17) is 22.1 Å². The Balaban J connectivity index is 2.47. The van der Waals surface area contributed by atoms with Gasteiger partial charge in [0.15, 0.2) is 0 Å². The molecule has 0 aliphatic rings. The SMILES string of the molecule is COc1ccc(Cl)cc1S(=O)(=O)N(CC(N)=O)Cc1ccccc1. The van der Waals surface area contributed by atoms with Crippen LogP contribution in [-0.2, 0) is 21.4 Å². The third-order valence-electron chi connectivity index (χ3n) is 3.28. The van der Waals surface area contributed by atoms with Crippen LogP contribution in [0.5, 0.6) is 5.75 Å². The zero-order valence-corrected chi connectivity index (χ0v) is 14.5. The van der Waals surface area contributed by atoms with Gasteiger partial charge in [-0.3, -0.25) is 4.79 Å². The third-order valence-corrected chi connectivity index (χ3v) is 5.33. The first-order valence-corrected chi connectivity index (χ1v) is 8.82. The van der Waals surface area contributed by atoms with Gasteiger partial charge < -0.3 is 10.5 Å². The molecule has 0 aliphatic heterocycles. The number of amides is 1. The summed E-state index contributed by atoms with van der Waals surface area (Å²) in [5, 5.41) is 0.244. The molecule has 0 fully saturated rings. The number of primary amides is 1. The summed E-state index contributed by atoms with van der Waals surface area (Å²) in [6.07, 6.45) is 0. The van der Waals surface area contributed by atoms with Crippen molar-refractivity contribution in [2.24, 2.45) is 5.73 Å². The first-order valence-electron chi connectivity index (χ1n) is 7.00. The van der Waals surface area contributed by atoms with Crippen LogP contribution < -0.4 is 10.5 Å². The fourth-order valence-electron chi connectivity index (χ4n) is 2.18. The predicted octanol–water partition coefficient (Wildman–Crippen LogP) is 2.02. The van der Waals surface area contributed by atoms with Crippen molar-refractivity contribution in [2.75, 3.05) is 13.7 Å². The van der Waals surface area contributed by atoms with Gasteiger partial charge in [0.2, 0.25) is 15.9 Å². The fraction of sp³-hybridized carbons (Fsp3) is 0.188. The van der Waals surface area contributed by atoms with E-state index >= 15 is 0 Å². The number of carbonyl (C=O) groups is 1. The highest BCUT2D eigenvalue weighted by molar-refractivity contribution is 7.89. The Bertz CT molecular complexity index is 825. The highest BCUT2D eigenvalue weighted by atomic mass is 35.5. The first-order chi connectivity index (χ1) is 11.3. The molecule has 128 valence electrons. The van der Waals surface area contributed by atoms with Crippen LogP contribution in [0.1, 0.15) is 5.56 Å². The summed E-state index contributed by atoms with van der Waals surface area (Å²) in [7, 11) is -2.68. The Labute approximate surface area is 145 Å². The molecule has 2 rings (SSSR count). The summed E-state index contributed by atoms with van der Waals surface area (Å²) in [6, 6.07) is 13.2. The second-order valence-corrected chi connectivity index (χ2v) is 7.36. The molecule has 0 bridgehead atoms. The Hall–Kier alpha value is -2.09. The van der Waals surface area contributed by atoms with Crippen molar-refractivity contribution in [3.05, 3.63) is 59.1 Å². The second-order valence-electron chi connectivity index (χ2n) is 5.02. The molecule has 1 amide bonds. The Kier molecular flexibility index (Phi) is 5.82. The number of sulfonamides is 1. The average molecular weight is 369 g/mol. The molecule has 0 radical (unpaired) electrons. The summed E-state index contributed by atoms with van der Waals surface area (Å²) in [6.45, 7) is -0.450. The minimum atomic E-state index is -4.04. The zero-order valence-electron chi connectivity index (χ0n) is 13.0. The van der Waals surface area contributed by atoms with E-state index in [2.05, 4.69) is 0 Å². The van der Waals surface area contributed by atoms with Crippen molar-refractivity contribution in [1.82, 2.24) is 4.31 Å². The molecule has 0 spiro atoms. The monoisotopic (exact) mass is 368 g/mol. The maximum atomic E-state index is 13.0. The number of methoxy groups -OCH3 is 1. The molecule has 0 unspecified atom stereocenters. The van der Waals surface area contributed by atoms with Gasteiger partial charge in [0.1, 0.15) is 10.6 Å². The van der Waals surface area contributed by atoms with Gasteiger partial charge in [0.05, 0.1) is 13.7 Å². The van der Waals surface area contributed by atoms with Gasteiger partial charge in [-0.15, -0.1) is 0 Å². The van der Waals surface area contributed by atoms with Crippen LogP contribution in [0.2, 0.25) is 5.02 Å². The largest absolute Gasteiger partial charge is 0.495 e. The van der Waals surface area contributed by atoms with E-state index in [-0.39, 0.29) is 22.2 Å². The van der Waals surface area contributed by atoms with Crippen molar-refractivity contribution >= 4 is 27.5 Å². The summed E-state index contributed by atoms with van der Waals surface area (Å²) in [5.74, 6) is -0.613. The van der Waals surface area contributed by atoms with Crippen LogP contribution in [0.4, 0.5) is 0 Å². The van der Waals surface area contributed by atoms with Gasteiger partial charge in [0.25, 0.3) is 0 Å². The highest BCUT2D eigenvalue weighted by Crippen LogP contribution is 2.30. The van der Waals surface area contributed by atoms with E-state index in [1.807, 2.05) is 6.07 Å². The molecule has 0 atom stereocenters. The van der Waals surface area contributed by atoms with Crippen LogP contribution in [0.15, 0.2) is 53.4 Å². The standard InChI is InChI=1S/C16H17ClN2O4S/c1-23-14-8-7-13(17)9-15(14)24(21,22)19(11-16(18)20)10-12-5-3-2-4-6-12/h2-9H,10-11H2,1H3,(H2,18,20). The lowest BCUT2D eigenvalue weighted by Crippen LogP contribution is -2.38. The third kappa shape index (κ3) is 4.25. The van der Waals surface area contributed by atoms with Gasteiger partial charge in [-0.05, 0) is 23.8 Å². The number of benzene rings is 2. The molecule has 0 aromatic heterocycles. The summed E-state index contributed by atoms with van der Waals surface area (Å²) in [5.41, 5.74) is 5.95. The van der Waals surface area contributed by atoms with E-state index in [0.717, 1.165) is 9.87 Å². The number of ether oxygens (including phenoxy) is 1. The molecule has 8 heteroatoms. The average Bonchev–Trinajstić information content (AvgIpc) is 2.54. The smallest absolute Gasteiger partial charge is 0.247 e. The van der Waals surface area contributed by atoms with Gasteiger partial charge in [0, 0.05) is 11.6 Å². The van der Waals surface area contributed by atoms with E-state index < -0.39 is 22.5 Å². The van der Waals surface area contributed by atoms with Gasteiger partial charge in [-0.2, -0.15) is 4.31 Å². The number of halogens is 1. The normalized spacial score (nSPS) is 11.5. The van der Waals surface area contributed by atoms with Gasteiger partial charge in [-0.25, -0.2) is 8.42 Å². The van der Waals surface area contributed by atoms with Crippen LogP contribution in [0, 0.1) is 0 Å². The molecule has 0 saturated carbocycles. The van der Waals surface area contributed by atoms with Crippen LogP contribution in [0.25, 0.3) is 0 Å². The first kappa shape index (κ1) is 18.3. The van der Waals surface area contributed by atoms with E-state index in [1.54, 1.807) is 24.3 Å². The zero-order chi connectivity index (χ0) is 17.7. The van der Waals surface area contributed by atoms with Crippen LogP contribution in [-0.4, -0.2) is 32.3 Å². The molecule has 24 heavy (non-hydrogen) atoms. The number of nitrogens with zero attached hydrogens (tertiary/aromatic N) is 1. The maximum absolute atomic E-state index is 13.0. The lowest BCUT2D eigenvalue weighted by atomic mass is 10.2. The topological polar surface area (TPSA) is 89.7 Å². The van der Waals surface area contributed by atoms with Crippen LogP contribution >= 0.6 is 11.6 Å². The maximum Gasteiger partial charge on any atom is 0.247 e. The number of rotatable bonds is 7. The van der Waals surface area contributed by atoms with Gasteiger partial charge >= 0.3 is 0 Å². The van der Waals surface area contributed by atoms with Crippen LogP contribution in [0.3, 0.4) is 0 Å². The molecule has 0 saturated heterocycles. The lowest BCUT2D eigenvalue weighted by Gasteiger charge is -2.22. The molecule has 0 heterocycles. The van der Waals surface area contributed by atoms with E-state index in [0.29, 0.717) is 0 Å². The Morgan fingerprint density at radius 3 is 2.46 bits per heavy atom. The molecule has 2 N–H and O–H groups in total. The van der Waals surface area contributed by atoms with Crippen molar-refractivity contribution in [3.63, 3.8) is 0 Å². The van der Waals surface area contributed by atoms with E-state index in [9.17, 15) is 13.2 Å². The molecule has 0 aliphatic carbocycles. The minimum absolute atomic E-state index is 0.00177. The lowest BCUT2D eigenvalue weighted by molar-refractivity contribution is -0.118. The molecule has 2 aromatic rings. The van der Waals surface area contributed by atoms with Crippen molar-refractivity contribution in [1.29, 1.82) is 0 Å². The summed E-state index contributed by atoms with van der Waals surface area (Å²) in [4.78, 5) is 11.2. The van der Waals surface area contributed by atoms with Gasteiger partial charge in [-0.1, -0.05) is 41.9 Å². The van der Waals surface area contributed by atoms with Crippen molar-refractivity contribution in [2.45, 2.75) is 11.4 Å². The summed E-state index contributed by atoms with van der Waals surface area (Å²) >= 11 is 5.92. The second kappa shape index (κ2) is 7.65. The molecule has 6 nitrogen and oxygen atoms in total. The quantitative estimate of drug-likeness (QED) is 0.809. The minimum Gasteiger partial charge on any atom is -0.495 e. The Morgan fingerprint density at radius 1 is 1.21 bits per heavy atom. The van der Waals surface area contributed by atoms with Crippen molar-refractivity contribution < 1.29 is 17.9 Å². The molecule has 2 aromatic carbocycles.